The molecule has 0 fully saturated rings. The van der Waals surface area contributed by atoms with Gasteiger partial charge in [-0.25, -0.2) is 0 Å². The molecule has 0 spiro atoms. The molecule has 0 saturated heterocycles. The molecule has 3 heteroatoms. The maximum atomic E-state index is 9.40. The second-order valence-corrected chi connectivity index (χ2v) is 4.66. The van der Waals surface area contributed by atoms with Crippen LogP contribution in [-0.2, 0) is 0 Å². The Kier molecular flexibility index (Phi) is 5.31. The molecular formula is C14H19ClN2. The number of para-hydroxylation sites is 1. The topological polar surface area (TPSA) is 35.8 Å². The smallest absolute Gasteiger partial charge is 0.125 e. The Bertz CT molecular complexity index is 397. The molecular weight excluding hydrogens is 232 g/mol. The summed E-state index contributed by atoms with van der Waals surface area (Å²) in [7, 11) is 0. The van der Waals surface area contributed by atoms with Gasteiger partial charge in [-0.05, 0) is 25.0 Å². The van der Waals surface area contributed by atoms with Crippen LogP contribution in [0.15, 0.2) is 24.3 Å². The fourth-order valence-corrected chi connectivity index (χ4v) is 1.97. The maximum Gasteiger partial charge on any atom is 0.125 e. The number of halogens is 1. The summed E-state index contributed by atoms with van der Waals surface area (Å²) in [6.45, 7) is 4.16. The van der Waals surface area contributed by atoms with Crippen molar-refractivity contribution < 1.29 is 0 Å². The zero-order chi connectivity index (χ0) is 12.7. The summed E-state index contributed by atoms with van der Waals surface area (Å²) < 4.78 is 0. The van der Waals surface area contributed by atoms with Crippen LogP contribution in [0.25, 0.3) is 0 Å². The number of unbranched alkanes of at least 4 members (excludes halogenated alkanes) is 1. The molecule has 0 amide bonds. The first-order chi connectivity index (χ1) is 8.17. The van der Waals surface area contributed by atoms with Gasteiger partial charge in [-0.15, -0.1) is 0 Å². The zero-order valence-electron chi connectivity index (χ0n) is 10.5. The molecule has 0 aliphatic rings. The molecule has 1 atom stereocenters. The number of hydrogen-bond acceptors (Lipinski definition) is 2. The van der Waals surface area contributed by atoms with Crippen LogP contribution in [-0.4, -0.2) is 5.54 Å². The molecule has 0 aromatic heterocycles. The molecule has 1 aromatic rings. The normalized spacial score (nSPS) is 13.8. The zero-order valence-corrected chi connectivity index (χ0v) is 11.2. The third-order valence-electron chi connectivity index (χ3n) is 3.02. The molecule has 17 heavy (non-hydrogen) atoms. The highest BCUT2D eigenvalue weighted by atomic mass is 35.5. The molecule has 1 unspecified atom stereocenters. The van der Waals surface area contributed by atoms with Crippen LogP contribution in [0.5, 0.6) is 0 Å². The van der Waals surface area contributed by atoms with Crippen molar-refractivity contribution in [1.29, 1.82) is 5.26 Å². The van der Waals surface area contributed by atoms with E-state index in [9.17, 15) is 5.26 Å². The van der Waals surface area contributed by atoms with E-state index >= 15 is 0 Å². The third kappa shape index (κ3) is 3.64. The fourth-order valence-electron chi connectivity index (χ4n) is 1.79. The summed E-state index contributed by atoms with van der Waals surface area (Å²) in [5, 5.41) is 13.4. The van der Waals surface area contributed by atoms with Crippen LogP contribution >= 0.6 is 11.6 Å². The van der Waals surface area contributed by atoms with E-state index in [1.54, 1.807) is 0 Å². The van der Waals surface area contributed by atoms with Gasteiger partial charge >= 0.3 is 0 Å². The van der Waals surface area contributed by atoms with Gasteiger partial charge in [0, 0.05) is 0 Å². The molecule has 1 rings (SSSR count). The number of anilines is 1. The minimum absolute atomic E-state index is 0.499. The number of nitrogens with one attached hydrogen (secondary N) is 1. The molecule has 2 nitrogen and oxygen atoms in total. The first-order valence-corrected chi connectivity index (χ1v) is 6.49. The van der Waals surface area contributed by atoms with E-state index in [4.69, 9.17) is 11.6 Å². The molecule has 0 bridgehead atoms. The van der Waals surface area contributed by atoms with Crippen molar-refractivity contribution in [2.75, 3.05) is 5.32 Å². The van der Waals surface area contributed by atoms with Crippen LogP contribution in [0.4, 0.5) is 5.69 Å². The molecule has 0 aliphatic heterocycles. The first kappa shape index (κ1) is 13.9. The SMILES string of the molecule is CCCCC(C#N)(CC)Nc1ccccc1Cl. The summed E-state index contributed by atoms with van der Waals surface area (Å²) in [5.41, 5.74) is 0.342. The van der Waals surface area contributed by atoms with Crippen molar-refractivity contribution in [3.05, 3.63) is 29.3 Å². The van der Waals surface area contributed by atoms with Gasteiger partial charge in [0.25, 0.3) is 0 Å². The number of hydrogen-bond donors (Lipinski definition) is 1. The summed E-state index contributed by atoms with van der Waals surface area (Å²) in [5.74, 6) is 0. The third-order valence-corrected chi connectivity index (χ3v) is 3.35. The van der Waals surface area contributed by atoms with E-state index in [-0.39, 0.29) is 0 Å². The largest absolute Gasteiger partial charge is 0.366 e. The van der Waals surface area contributed by atoms with E-state index in [2.05, 4.69) is 18.3 Å². The van der Waals surface area contributed by atoms with E-state index < -0.39 is 5.54 Å². The number of benzene rings is 1. The van der Waals surface area contributed by atoms with Crippen LogP contribution in [0.2, 0.25) is 5.02 Å². The average molecular weight is 251 g/mol. The quantitative estimate of drug-likeness (QED) is 0.800. The standard InChI is InChI=1S/C14H19ClN2/c1-3-5-10-14(4-2,11-16)17-13-9-7-6-8-12(13)15/h6-9,17H,3-5,10H2,1-2H3. The highest BCUT2D eigenvalue weighted by Gasteiger charge is 2.27. The maximum absolute atomic E-state index is 9.40. The van der Waals surface area contributed by atoms with Gasteiger partial charge in [0.05, 0.1) is 16.8 Å². The summed E-state index contributed by atoms with van der Waals surface area (Å²) in [6.07, 6.45) is 3.75. The van der Waals surface area contributed by atoms with Gasteiger partial charge in [-0.1, -0.05) is 50.4 Å². The Morgan fingerprint density at radius 3 is 2.59 bits per heavy atom. The average Bonchev–Trinajstić information content (AvgIpc) is 2.37. The van der Waals surface area contributed by atoms with Crippen LogP contribution in [0, 0.1) is 11.3 Å². The minimum atomic E-state index is -0.499. The van der Waals surface area contributed by atoms with Crippen molar-refractivity contribution in [1.82, 2.24) is 0 Å². The molecule has 1 N–H and O–H groups in total. The summed E-state index contributed by atoms with van der Waals surface area (Å²) in [4.78, 5) is 0. The highest BCUT2D eigenvalue weighted by Crippen LogP contribution is 2.28. The first-order valence-electron chi connectivity index (χ1n) is 6.11. The molecule has 1 aromatic carbocycles. The lowest BCUT2D eigenvalue weighted by Crippen LogP contribution is -2.36. The van der Waals surface area contributed by atoms with E-state index in [1.165, 1.54) is 0 Å². The van der Waals surface area contributed by atoms with Gasteiger partial charge in [0.15, 0.2) is 0 Å². The minimum Gasteiger partial charge on any atom is -0.366 e. The van der Waals surface area contributed by atoms with Crippen molar-refractivity contribution >= 4 is 17.3 Å². The number of nitrogens with zero attached hydrogens (tertiary/aromatic N) is 1. The van der Waals surface area contributed by atoms with Gasteiger partial charge in [0.2, 0.25) is 0 Å². The van der Waals surface area contributed by atoms with Crippen LogP contribution in [0.1, 0.15) is 39.5 Å². The predicted octanol–water partition coefficient (Wildman–Crippen LogP) is 4.61. The highest BCUT2D eigenvalue weighted by molar-refractivity contribution is 6.33. The summed E-state index contributed by atoms with van der Waals surface area (Å²) >= 11 is 6.11. The molecule has 0 saturated carbocycles. The fraction of sp³-hybridized carbons (Fsp3) is 0.500. The molecule has 0 radical (unpaired) electrons. The van der Waals surface area contributed by atoms with E-state index in [0.29, 0.717) is 5.02 Å². The second kappa shape index (κ2) is 6.51. The van der Waals surface area contributed by atoms with Gasteiger partial charge in [-0.3, -0.25) is 0 Å². The number of nitriles is 1. The lowest BCUT2D eigenvalue weighted by Gasteiger charge is -2.28. The van der Waals surface area contributed by atoms with Gasteiger partial charge in [0.1, 0.15) is 5.54 Å². The predicted molar refractivity (Wildman–Crippen MR) is 73.2 cm³/mol. The van der Waals surface area contributed by atoms with Crippen molar-refractivity contribution in [2.45, 2.75) is 45.1 Å². The lowest BCUT2D eigenvalue weighted by atomic mass is 9.91. The Morgan fingerprint density at radius 1 is 1.35 bits per heavy atom. The lowest BCUT2D eigenvalue weighted by molar-refractivity contribution is 0.497. The van der Waals surface area contributed by atoms with E-state index in [1.807, 2.05) is 31.2 Å². The second-order valence-electron chi connectivity index (χ2n) is 4.26. The monoisotopic (exact) mass is 250 g/mol. The Labute approximate surface area is 109 Å². The van der Waals surface area contributed by atoms with Crippen molar-refractivity contribution in [3.8, 4) is 6.07 Å². The van der Waals surface area contributed by atoms with Crippen LogP contribution in [0.3, 0.4) is 0 Å². The molecule has 0 heterocycles. The van der Waals surface area contributed by atoms with Gasteiger partial charge in [-0.2, -0.15) is 5.26 Å². The van der Waals surface area contributed by atoms with Crippen molar-refractivity contribution in [2.24, 2.45) is 0 Å². The molecule has 92 valence electrons. The molecule has 0 aliphatic carbocycles. The summed E-state index contributed by atoms with van der Waals surface area (Å²) in [6, 6.07) is 9.96. The Morgan fingerprint density at radius 2 is 2.06 bits per heavy atom. The Balaban J connectivity index is 2.87. The van der Waals surface area contributed by atoms with Gasteiger partial charge < -0.3 is 5.32 Å². The number of rotatable bonds is 6. The van der Waals surface area contributed by atoms with E-state index in [0.717, 1.165) is 31.4 Å². The van der Waals surface area contributed by atoms with Crippen molar-refractivity contribution in [3.63, 3.8) is 0 Å². The van der Waals surface area contributed by atoms with Crippen LogP contribution < -0.4 is 5.32 Å². The Hall–Kier alpha value is -1.20.